The quantitative estimate of drug-likeness (QED) is 0.519. The lowest BCUT2D eigenvalue weighted by atomic mass is 10.3. The second-order valence-corrected chi connectivity index (χ2v) is 5.87. The van der Waals surface area contributed by atoms with E-state index in [1.54, 1.807) is 6.08 Å². The molecule has 3 N–H and O–H groups in total. The maximum absolute atomic E-state index is 11.1. The minimum atomic E-state index is -1.14. The van der Waals surface area contributed by atoms with Crippen LogP contribution in [-0.2, 0) is 4.79 Å². The van der Waals surface area contributed by atoms with Crippen molar-refractivity contribution in [2.24, 2.45) is 4.99 Å². The van der Waals surface area contributed by atoms with E-state index in [9.17, 15) is 14.7 Å². The summed E-state index contributed by atoms with van der Waals surface area (Å²) in [6, 6.07) is 0. The summed E-state index contributed by atoms with van der Waals surface area (Å²) in [5.74, 6) is -0.389. The normalized spacial score (nSPS) is 21.4. The second kappa shape index (κ2) is 7.83. The van der Waals surface area contributed by atoms with Crippen LogP contribution in [0.15, 0.2) is 30.0 Å². The zero-order valence-electron chi connectivity index (χ0n) is 13.4. The topological polar surface area (TPSA) is 107 Å². The number of likely N-dealkylation sites (N-methyl/N-ethyl adjacent to an activating group) is 1. The SMILES string of the molecule is C=CCC1=NC=C[N+]1(C(=O)O)C(C)O.C[N+](C)(C)CC(=O)O. The molecular formula is C14H25N3O5+2. The Balaban J connectivity index is 0.000000472. The van der Waals surface area contributed by atoms with E-state index in [1.165, 1.54) is 19.3 Å². The Labute approximate surface area is 130 Å². The van der Waals surface area contributed by atoms with Crippen molar-refractivity contribution in [3.05, 3.63) is 25.1 Å². The first kappa shape index (κ1) is 20.0. The van der Waals surface area contributed by atoms with Gasteiger partial charge in [0.25, 0.3) is 0 Å². The summed E-state index contributed by atoms with van der Waals surface area (Å²) in [6.07, 6.45) is 2.43. The first-order valence-electron chi connectivity index (χ1n) is 6.65. The summed E-state index contributed by atoms with van der Waals surface area (Å²) in [7, 11) is 5.52. The van der Waals surface area contributed by atoms with E-state index in [1.807, 2.05) is 21.1 Å². The number of amides is 1. The molecule has 8 heteroatoms. The van der Waals surface area contributed by atoms with Gasteiger partial charge in [-0.3, -0.25) is 0 Å². The van der Waals surface area contributed by atoms with E-state index in [0.29, 0.717) is 16.7 Å². The van der Waals surface area contributed by atoms with E-state index < -0.39 is 22.8 Å². The van der Waals surface area contributed by atoms with Crippen LogP contribution in [0.5, 0.6) is 0 Å². The molecule has 0 aromatic rings. The minimum absolute atomic E-state index is 0.181. The van der Waals surface area contributed by atoms with Gasteiger partial charge < -0.3 is 19.8 Å². The molecule has 0 spiro atoms. The van der Waals surface area contributed by atoms with Gasteiger partial charge in [-0.1, -0.05) is 6.08 Å². The molecule has 1 heterocycles. The third kappa shape index (κ3) is 5.40. The highest BCUT2D eigenvalue weighted by Crippen LogP contribution is 2.23. The molecule has 1 aliphatic rings. The molecule has 1 rings (SSSR count). The van der Waals surface area contributed by atoms with Gasteiger partial charge in [0.1, 0.15) is 6.20 Å². The number of nitrogens with zero attached hydrogens (tertiary/aromatic N) is 3. The lowest BCUT2D eigenvalue weighted by Gasteiger charge is -2.28. The van der Waals surface area contributed by atoms with Crippen molar-refractivity contribution >= 4 is 17.9 Å². The number of carboxylic acid groups (broad SMARTS) is 2. The molecule has 0 bridgehead atoms. The molecule has 1 amide bonds. The van der Waals surface area contributed by atoms with Crippen molar-refractivity contribution in [3.63, 3.8) is 0 Å². The molecule has 8 nitrogen and oxygen atoms in total. The number of quaternary nitrogens is 2. The Morgan fingerprint density at radius 2 is 1.95 bits per heavy atom. The maximum Gasteiger partial charge on any atom is 0.526 e. The van der Waals surface area contributed by atoms with Crippen molar-refractivity contribution < 1.29 is 33.9 Å². The molecule has 124 valence electrons. The molecular weight excluding hydrogens is 290 g/mol. The Hall–Kier alpha value is -2.03. The highest BCUT2D eigenvalue weighted by atomic mass is 16.4. The van der Waals surface area contributed by atoms with Crippen LogP contribution in [0.1, 0.15) is 13.3 Å². The fourth-order valence-corrected chi connectivity index (χ4v) is 1.82. The van der Waals surface area contributed by atoms with Crippen molar-refractivity contribution in [2.75, 3.05) is 27.7 Å². The Morgan fingerprint density at radius 1 is 1.41 bits per heavy atom. The van der Waals surface area contributed by atoms with Crippen LogP contribution in [0.3, 0.4) is 0 Å². The Morgan fingerprint density at radius 3 is 2.23 bits per heavy atom. The highest BCUT2D eigenvalue weighted by Gasteiger charge is 2.47. The van der Waals surface area contributed by atoms with Crippen LogP contribution < -0.4 is 0 Å². The maximum atomic E-state index is 11.1. The minimum Gasteiger partial charge on any atom is -0.477 e. The van der Waals surface area contributed by atoms with E-state index in [-0.39, 0.29) is 6.54 Å². The van der Waals surface area contributed by atoms with Crippen molar-refractivity contribution in [1.82, 2.24) is 0 Å². The van der Waals surface area contributed by atoms with E-state index in [0.717, 1.165) is 0 Å². The number of rotatable bonds is 5. The molecule has 0 radical (unpaired) electrons. The number of aliphatic hydroxyl groups excluding tert-OH is 1. The standard InChI is InChI=1S/C9H12N2O3.C5H11NO2/c1-3-4-8-10-5-6-11(8,7(2)12)9(13)14;1-6(2,3)4-5(7)8/h3,5-7,12H,1,4H2,2H3;4H2,1-3H3/p+2. The second-order valence-electron chi connectivity index (χ2n) is 5.87. The van der Waals surface area contributed by atoms with Gasteiger partial charge in [-0.2, -0.15) is 4.79 Å². The lowest BCUT2D eigenvalue weighted by molar-refractivity contribution is -0.862. The largest absolute Gasteiger partial charge is 0.526 e. The molecule has 1 aliphatic heterocycles. The summed E-state index contributed by atoms with van der Waals surface area (Å²) < 4.78 is -0.165. The number of aliphatic carboxylic acids is 1. The zero-order chi connectivity index (χ0) is 17.6. The van der Waals surface area contributed by atoms with Crippen molar-refractivity contribution in [1.29, 1.82) is 0 Å². The molecule has 0 aromatic carbocycles. The Bertz CT molecular complexity index is 491. The first-order valence-corrected chi connectivity index (χ1v) is 6.65. The number of carbonyl (C=O) groups is 2. The number of hydrogen-bond donors (Lipinski definition) is 3. The van der Waals surface area contributed by atoms with Gasteiger partial charge >= 0.3 is 12.1 Å². The van der Waals surface area contributed by atoms with Crippen LogP contribution in [0.4, 0.5) is 4.79 Å². The summed E-state index contributed by atoms with van der Waals surface area (Å²) in [4.78, 5) is 25.0. The summed E-state index contributed by atoms with van der Waals surface area (Å²) >= 11 is 0. The van der Waals surface area contributed by atoms with Crippen molar-refractivity contribution in [2.45, 2.75) is 19.6 Å². The fourth-order valence-electron chi connectivity index (χ4n) is 1.82. The third-order valence-corrected chi connectivity index (χ3v) is 2.79. The van der Waals surface area contributed by atoms with E-state index in [4.69, 9.17) is 10.2 Å². The van der Waals surface area contributed by atoms with Crippen LogP contribution >= 0.6 is 0 Å². The number of aliphatic hydroxyl groups is 1. The van der Waals surface area contributed by atoms with Gasteiger partial charge in [0.05, 0.1) is 33.8 Å². The van der Waals surface area contributed by atoms with Gasteiger partial charge in [-0.15, -0.1) is 11.1 Å². The Kier molecular flexibility index (Phi) is 7.11. The molecule has 0 aliphatic carbocycles. The van der Waals surface area contributed by atoms with Gasteiger partial charge in [0, 0.05) is 6.92 Å². The molecule has 0 saturated heterocycles. The molecule has 0 fully saturated rings. The molecule has 2 atom stereocenters. The smallest absolute Gasteiger partial charge is 0.477 e. The van der Waals surface area contributed by atoms with Crippen LogP contribution in [-0.4, -0.2) is 76.1 Å². The average Bonchev–Trinajstić information content (AvgIpc) is 2.71. The number of amidine groups is 1. The van der Waals surface area contributed by atoms with Gasteiger partial charge in [0.15, 0.2) is 6.54 Å². The highest BCUT2D eigenvalue weighted by molar-refractivity contribution is 5.88. The predicted octanol–water partition coefficient (Wildman–Crippen LogP) is 1.06. The summed E-state index contributed by atoms with van der Waals surface area (Å²) in [5, 5.41) is 26.8. The molecule has 22 heavy (non-hydrogen) atoms. The first-order chi connectivity index (χ1) is 9.97. The van der Waals surface area contributed by atoms with Gasteiger partial charge in [-0.05, 0) is 0 Å². The van der Waals surface area contributed by atoms with Crippen molar-refractivity contribution in [3.8, 4) is 0 Å². The molecule has 2 unspecified atom stereocenters. The lowest BCUT2D eigenvalue weighted by Crippen LogP contribution is -2.56. The van der Waals surface area contributed by atoms with Crippen LogP contribution in [0.25, 0.3) is 0 Å². The molecule has 0 saturated carbocycles. The third-order valence-electron chi connectivity index (χ3n) is 2.79. The predicted molar refractivity (Wildman–Crippen MR) is 81.9 cm³/mol. The fraction of sp³-hybridized carbons (Fsp3) is 0.500. The van der Waals surface area contributed by atoms with E-state index >= 15 is 0 Å². The number of carboxylic acids is 1. The number of aliphatic imine (C=N–C) groups is 1. The number of hydrogen-bond acceptors (Lipinski definition) is 4. The van der Waals surface area contributed by atoms with Crippen LogP contribution in [0.2, 0.25) is 0 Å². The summed E-state index contributed by atoms with van der Waals surface area (Å²) in [6.45, 7) is 5.11. The zero-order valence-corrected chi connectivity index (χ0v) is 13.4. The van der Waals surface area contributed by atoms with Crippen LogP contribution in [0, 0.1) is 0 Å². The summed E-state index contributed by atoms with van der Waals surface area (Å²) in [5.41, 5.74) is 0. The van der Waals surface area contributed by atoms with Gasteiger partial charge in [-0.25, -0.2) is 9.79 Å². The molecule has 0 aromatic heterocycles. The average molecular weight is 315 g/mol. The monoisotopic (exact) mass is 315 g/mol. The van der Waals surface area contributed by atoms with Gasteiger partial charge in [0.2, 0.25) is 12.1 Å². The van der Waals surface area contributed by atoms with E-state index in [2.05, 4.69) is 11.6 Å².